The van der Waals surface area contributed by atoms with Crippen LogP contribution in [0.3, 0.4) is 0 Å². The molecule has 2 rings (SSSR count). The molecule has 1 N–H and O–H groups in total. The third-order valence-electron chi connectivity index (χ3n) is 3.72. The number of halogens is 1. The van der Waals surface area contributed by atoms with Gasteiger partial charge in [0.15, 0.2) is 0 Å². The van der Waals surface area contributed by atoms with E-state index in [2.05, 4.69) is 24.1 Å². The number of amides is 1. The van der Waals surface area contributed by atoms with Gasteiger partial charge in [0.05, 0.1) is 6.04 Å². The van der Waals surface area contributed by atoms with Crippen LogP contribution in [0, 0.1) is 11.7 Å². The molecular formula is C18H23FN2OS. The van der Waals surface area contributed by atoms with Crippen molar-refractivity contribution in [2.45, 2.75) is 45.6 Å². The lowest BCUT2D eigenvalue weighted by atomic mass is 9.97. The van der Waals surface area contributed by atoms with Crippen molar-refractivity contribution in [3.8, 4) is 0 Å². The lowest BCUT2D eigenvalue weighted by Gasteiger charge is -2.20. The molecule has 2 unspecified atom stereocenters. The van der Waals surface area contributed by atoms with Gasteiger partial charge in [-0.15, -0.1) is 11.3 Å². The molecule has 0 aliphatic rings. The van der Waals surface area contributed by atoms with E-state index in [1.165, 1.54) is 12.1 Å². The first-order chi connectivity index (χ1) is 11.0. The van der Waals surface area contributed by atoms with E-state index in [-0.39, 0.29) is 23.7 Å². The molecule has 1 heterocycles. The molecule has 5 heteroatoms. The van der Waals surface area contributed by atoms with Crippen molar-refractivity contribution < 1.29 is 9.18 Å². The fourth-order valence-corrected chi connectivity index (χ4v) is 3.24. The summed E-state index contributed by atoms with van der Waals surface area (Å²) in [4.78, 5) is 16.7. The molecule has 3 nitrogen and oxygen atoms in total. The molecular weight excluding hydrogens is 311 g/mol. The van der Waals surface area contributed by atoms with Crippen molar-refractivity contribution in [1.29, 1.82) is 0 Å². The van der Waals surface area contributed by atoms with Crippen LogP contribution >= 0.6 is 11.3 Å². The number of nitrogens with zero attached hydrogens (tertiary/aromatic N) is 1. The number of hydrogen-bond donors (Lipinski definition) is 1. The molecule has 0 saturated carbocycles. The van der Waals surface area contributed by atoms with Crippen molar-refractivity contribution in [3.63, 3.8) is 0 Å². The van der Waals surface area contributed by atoms with Gasteiger partial charge in [-0.3, -0.25) is 4.79 Å². The Morgan fingerprint density at radius 1 is 1.26 bits per heavy atom. The van der Waals surface area contributed by atoms with Gasteiger partial charge < -0.3 is 5.32 Å². The molecule has 1 amide bonds. The Kier molecular flexibility index (Phi) is 6.28. The molecule has 0 radical (unpaired) electrons. The van der Waals surface area contributed by atoms with Crippen molar-refractivity contribution in [2.24, 2.45) is 5.92 Å². The predicted octanol–water partition coefficient (Wildman–Crippen LogP) is 4.68. The SMILES string of the molecule is CC(C)CC(NC(=O)CC(C)c1ccc(F)cc1)c1nccs1. The second-order valence-corrected chi connectivity index (χ2v) is 7.20. The Labute approximate surface area is 141 Å². The van der Waals surface area contributed by atoms with Gasteiger partial charge in [-0.25, -0.2) is 9.37 Å². The highest BCUT2D eigenvalue weighted by atomic mass is 32.1. The summed E-state index contributed by atoms with van der Waals surface area (Å²) in [5.74, 6) is 0.263. The Morgan fingerprint density at radius 2 is 1.96 bits per heavy atom. The largest absolute Gasteiger partial charge is 0.347 e. The topological polar surface area (TPSA) is 42.0 Å². The standard InChI is InChI=1S/C18H23FN2OS/c1-12(2)10-16(18-20-8-9-23-18)21-17(22)11-13(3)14-4-6-15(19)7-5-14/h4-9,12-13,16H,10-11H2,1-3H3,(H,21,22). The van der Waals surface area contributed by atoms with Crippen LogP contribution in [0.25, 0.3) is 0 Å². The summed E-state index contributed by atoms with van der Waals surface area (Å²) in [5.41, 5.74) is 0.969. The molecule has 0 aliphatic carbocycles. The van der Waals surface area contributed by atoms with Crippen molar-refractivity contribution in [2.75, 3.05) is 0 Å². The fraction of sp³-hybridized carbons (Fsp3) is 0.444. The van der Waals surface area contributed by atoms with Gasteiger partial charge in [0.1, 0.15) is 10.8 Å². The fourth-order valence-electron chi connectivity index (χ4n) is 2.54. The van der Waals surface area contributed by atoms with Crippen molar-refractivity contribution >= 4 is 17.2 Å². The Balaban J connectivity index is 1.97. The molecule has 1 aromatic carbocycles. The average molecular weight is 334 g/mol. The quantitative estimate of drug-likeness (QED) is 0.799. The van der Waals surface area contributed by atoms with E-state index in [0.29, 0.717) is 12.3 Å². The summed E-state index contributed by atoms with van der Waals surface area (Å²) >= 11 is 1.56. The van der Waals surface area contributed by atoms with Crippen LogP contribution in [0.15, 0.2) is 35.8 Å². The summed E-state index contributed by atoms with van der Waals surface area (Å²) < 4.78 is 13.0. The maximum atomic E-state index is 13.0. The molecule has 0 bridgehead atoms. The number of rotatable bonds is 7. The summed E-state index contributed by atoms with van der Waals surface area (Å²) in [6.45, 7) is 6.25. The number of carbonyl (C=O) groups excluding carboxylic acids is 1. The second-order valence-electron chi connectivity index (χ2n) is 6.28. The van der Waals surface area contributed by atoms with Gasteiger partial charge in [0.2, 0.25) is 5.91 Å². The zero-order valence-electron chi connectivity index (χ0n) is 13.8. The third-order valence-corrected chi connectivity index (χ3v) is 4.61. The maximum absolute atomic E-state index is 13.0. The molecule has 0 fully saturated rings. The van der Waals surface area contributed by atoms with Crippen LogP contribution in [-0.2, 0) is 4.79 Å². The molecule has 0 aliphatic heterocycles. The zero-order valence-corrected chi connectivity index (χ0v) is 14.6. The zero-order chi connectivity index (χ0) is 16.8. The number of aromatic nitrogens is 1. The minimum atomic E-state index is -0.258. The second kappa shape index (κ2) is 8.20. The number of hydrogen-bond acceptors (Lipinski definition) is 3. The van der Waals surface area contributed by atoms with E-state index in [1.807, 2.05) is 12.3 Å². The van der Waals surface area contributed by atoms with E-state index in [1.54, 1.807) is 29.7 Å². The van der Waals surface area contributed by atoms with Gasteiger partial charge in [0, 0.05) is 18.0 Å². The van der Waals surface area contributed by atoms with Crippen LogP contribution in [0.1, 0.15) is 56.1 Å². The molecule has 124 valence electrons. The minimum absolute atomic E-state index is 0.00248. The van der Waals surface area contributed by atoms with Crippen LogP contribution in [0.5, 0.6) is 0 Å². The van der Waals surface area contributed by atoms with Crippen LogP contribution < -0.4 is 5.32 Å². The van der Waals surface area contributed by atoms with E-state index >= 15 is 0 Å². The third kappa shape index (κ3) is 5.43. The number of carbonyl (C=O) groups is 1. The molecule has 2 aromatic rings. The number of thiazole rings is 1. The smallest absolute Gasteiger partial charge is 0.221 e. The molecule has 0 saturated heterocycles. The summed E-state index contributed by atoms with van der Waals surface area (Å²) in [6, 6.07) is 6.30. The normalized spacial score (nSPS) is 13.8. The highest BCUT2D eigenvalue weighted by Crippen LogP contribution is 2.25. The first kappa shape index (κ1) is 17.6. The predicted molar refractivity (Wildman–Crippen MR) is 91.9 cm³/mol. The van der Waals surface area contributed by atoms with Crippen molar-refractivity contribution in [3.05, 3.63) is 52.2 Å². The number of benzene rings is 1. The Bertz CT molecular complexity index is 610. The first-order valence-electron chi connectivity index (χ1n) is 7.90. The number of nitrogens with one attached hydrogen (secondary N) is 1. The van der Waals surface area contributed by atoms with Crippen LogP contribution in [0.4, 0.5) is 4.39 Å². The van der Waals surface area contributed by atoms with Gasteiger partial charge >= 0.3 is 0 Å². The van der Waals surface area contributed by atoms with E-state index in [4.69, 9.17) is 0 Å². The lowest BCUT2D eigenvalue weighted by Crippen LogP contribution is -2.30. The monoisotopic (exact) mass is 334 g/mol. The minimum Gasteiger partial charge on any atom is -0.347 e. The maximum Gasteiger partial charge on any atom is 0.221 e. The van der Waals surface area contributed by atoms with E-state index in [0.717, 1.165) is 17.0 Å². The lowest BCUT2D eigenvalue weighted by molar-refractivity contribution is -0.122. The first-order valence-corrected chi connectivity index (χ1v) is 8.78. The van der Waals surface area contributed by atoms with Gasteiger partial charge in [-0.2, -0.15) is 0 Å². The highest BCUT2D eigenvalue weighted by molar-refractivity contribution is 7.09. The molecule has 23 heavy (non-hydrogen) atoms. The van der Waals surface area contributed by atoms with Gasteiger partial charge in [-0.1, -0.05) is 32.9 Å². The Hall–Kier alpha value is -1.75. The summed E-state index contributed by atoms with van der Waals surface area (Å²) in [6.07, 6.45) is 3.01. The molecule has 0 spiro atoms. The van der Waals surface area contributed by atoms with Gasteiger partial charge in [0.25, 0.3) is 0 Å². The molecule has 2 atom stereocenters. The summed E-state index contributed by atoms with van der Waals surface area (Å²) in [7, 11) is 0. The van der Waals surface area contributed by atoms with Crippen molar-refractivity contribution in [1.82, 2.24) is 10.3 Å². The molecule has 1 aromatic heterocycles. The van der Waals surface area contributed by atoms with E-state index in [9.17, 15) is 9.18 Å². The summed E-state index contributed by atoms with van der Waals surface area (Å²) in [5, 5.41) is 5.97. The van der Waals surface area contributed by atoms with Crippen LogP contribution in [-0.4, -0.2) is 10.9 Å². The van der Waals surface area contributed by atoms with Crippen LogP contribution in [0.2, 0.25) is 0 Å². The Morgan fingerprint density at radius 3 is 2.52 bits per heavy atom. The van der Waals surface area contributed by atoms with Gasteiger partial charge in [-0.05, 0) is 36.0 Å². The van der Waals surface area contributed by atoms with E-state index < -0.39 is 0 Å². The average Bonchev–Trinajstić information content (AvgIpc) is 3.00. The highest BCUT2D eigenvalue weighted by Gasteiger charge is 2.20.